The molecule has 2 aromatic carbocycles. The van der Waals surface area contributed by atoms with Gasteiger partial charge in [-0.2, -0.15) is 0 Å². The molecule has 2 aromatic rings. The van der Waals surface area contributed by atoms with Crippen LogP contribution in [0.1, 0.15) is 51.1 Å². The highest BCUT2D eigenvalue weighted by Gasteiger charge is 2.43. The van der Waals surface area contributed by atoms with Gasteiger partial charge < -0.3 is 20.7 Å². The van der Waals surface area contributed by atoms with Crippen molar-refractivity contribution in [3.63, 3.8) is 0 Å². The van der Waals surface area contributed by atoms with Gasteiger partial charge in [-0.15, -0.1) is 0 Å². The lowest BCUT2D eigenvalue weighted by molar-refractivity contribution is -0.0240. The summed E-state index contributed by atoms with van der Waals surface area (Å²) in [6.07, 6.45) is -0.0441. The molecule has 3 atom stereocenters. The van der Waals surface area contributed by atoms with E-state index in [0.29, 0.717) is 11.3 Å². The first-order valence-corrected chi connectivity index (χ1v) is 10.8. The monoisotopic (exact) mass is 443 g/mol. The van der Waals surface area contributed by atoms with Gasteiger partial charge in [-0.3, -0.25) is 9.59 Å². The van der Waals surface area contributed by atoms with Crippen molar-refractivity contribution in [2.75, 3.05) is 26.7 Å². The van der Waals surface area contributed by atoms with Crippen LogP contribution in [0.25, 0.3) is 0 Å². The second-order valence-electron chi connectivity index (χ2n) is 8.37. The number of halogens is 2. The fourth-order valence-electron chi connectivity index (χ4n) is 4.55. The standard InChI is InChI=1S/C24H27F2N3O3/c1-14-20(15-6-4-3-5-7-15)18-10-16(11-19(21(18)32-14)23(31)27-2)22(30)29-9-8-17-12-28-13-24(17,25)26/h3-7,10-11,14,17,20,28H,8-9,12-13H2,1-2H3,(H,27,31)(H,29,30)/t14-,17-,20+/m1/s1. The first-order valence-electron chi connectivity index (χ1n) is 10.8. The lowest BCUT2D eigenvalue weighted by Gasteiger charge is -2.18. The topological polar surface area (TPSA) is 79.5 Å². The van der Waals surface area contributed by atoms with Crippen molar-refractivity contribution in [1.82, 2.24) is 16.0 Å². The van der Waals surface area contributed by atoms with Gasteiger partial charge in [-0.25, -0.2) is 8.78 Å². The van der Waals surface area contributed by atoms with E-state index in [0.717, 1.165) is 11.1 Å². The van der Waals surface area contributed by atoms with E-state index in [9.17, 15) is 18.4 Å². The van der Waals surface area contributed by atoms with Crippen LogP contribution in [-0.2, 0) is 0 Å². The van der Waals surface area contributed by atoms with Gasteiger partial charge in [0.25, 0.3) is 17.7 Å². The van der Waals surface area contributed by atoms with E-state index >= 15 is 0 Å². The van der Waals surface area contributed by atoms with Crippen LogP contribution in [0.15, 0.2) is 42.5 Å². The Morgan fingerprint density at radius 3 is 2.59 bits per heavy atom. The zero-order chi connectivity index (χ0) is 22.9. The molecule has 0 radical (unpaired) electrons. The summed E-state index contributed by atoms with van der Waals surface area (Å²) in [4.78, 5) is 25.4. The molecule has 0 aromatic heterocycles. The van der Waals surface area contributed by atoms with Crippen LogP contribution in [0, 0.1) is 5.92 Å². The van der Waals surface area contributed by atoms with Crippen molar-refractivity contribution in [2.45, 2.75) is 31.3 Å². The number of alkyl halides is 2. The Hall–Kier alpha value is -3.00. The third kappa shape index (κ3) is 4.19. The number of rotatable bonds is 6. The van der Waals surface area contributed by atoms with Crippen molar-refractivity contribution in [3.05, 3.63) is 64.7 Å². The molecule has 2 amide bonds. The molecular formula is C24H27F2N3O3. The molecule has 6 nitrogen and oxygen atoms in total. The van der Waals surface area contributed by atoms with Gasteiger partial charge in [0.15, 0.2) is 0 Å². The molecule has 1 saturated heterocycles. The summed E-state index contributed by atoms with van der Waals surface area (Å²) in [5.74, 6) is -3.99. The number of carbonyl (C=O) groups is 2. The van der Waals surface area contributed by atoms with Crippen molar-refractivity contribution in [1.29, 1.82) is 0 Å². The molecule has 0 saturated carbocycles. The number of carbonyl (C=O) groups excluding carboxylic acids is 2. The molecule has 0 aliphatic carbocycles. The summed E-state index contributed by atoms with van der Waals surface area (Å²) in [6.45, 7) is 1.96. The predicted molar refractivity (Wildman–Crippen MR) is 116 cm³/mol. The molecule has 2 aliphatic heterocycles. The Bertz CT molecular complexity index is 1010. The minimum absolute atomic E-state index is 0.127. The Labute approximate surface area is 185 Å². The van der Waals surface area contributed by atoms with E-state index in [4.69, 9.17) is 4.74 Å². The number of amides is 2. The average molecular weight is 443 g/mol. The van der Waals surface area contributed by atoms with Crippen molar-refractivity contribution in [3.8, 4) is 5.75 Å². The summed E-state index contributed by atoms with van der Waals surface area (Å²) >= 11 is 0. The van der Waals surface area contributed by atoms with Crippen LogP contribution in [0.3, 0.4) is 0 Å². The number of ether oxygens (including phenoxy) is 1. The van der Waals surface area contributed by atoms with Gasteiger partial charge in [-0.05, 0) is 31.0 Å². The van der Waals surface area contributed by atoms with Crippen LogP contribution >= 0.6 is 0 Å². The van der Waals surface area contributed by atoms with Crippen LogP contribution in [0.5, 0.6) is 5.75 Å². The molecule has 1 fully saturated rings. The van der Waals surface area contributed by atoms with E-state index in [1.165, 1.54) is 13.1 Å². The maximum Gasteiger partial charge on any atom is 0.264 e. The average Bonchev–Trinajstić information content (AvgIpc) is 3.30. The number of benzene rings is 2. The third-order valence-electron chi connectivity index (χ3n) is 6.25. The van der Waals surface area contributed by atoms with Crippen LogP contribution in [0.2, 0.25) is 0 Å². The van der Waals surface area contributed by atoms with Crippen LogP contribution in [-0.4, -0.2) is 50.5 Å². The fraction of sp³-hybridized carbons (Fsp3) is 0.417. The predicted octanol–water partition coefficient (Wildman–Crippen LogP) is 2.93. The van der Waals surface area contributed by atoms with E-state index in [-0.39, 0.29) is 49.5 Å². The zero-order valence-electron chi connectivity index (χ0n) is 18.1. The van der Waals surface area contributed by atoms with Gasteiger partial charge in [0.05, 0.1) is 12.1 Å². The number of hydrogen-bond donors (Lipinski definition) is 3. The molecule has 170 valence electrons. The van der Waals surface area contributed by atoms with Gasteiger partial charge in [0.1, 0.15) is 11.9 Å². The van der Waals surface area contributed by atoms with Crippen LogP contribution < -0.4 is 20.7 Å². The number of hydrogen-bond acceptors (Lipinski definition) is 4. The Balaban J connectivity index is 1.60. The summed E-state index contributed by atoms with van der Waals surface area (Å²) in [5, 5.41) is 8.02. The fourth-order valence-corrected chi connectivity index (χ4v) is 4.55. The number of fused-ring (bicyclic) bond motifs is 1. The molecule has 0 bridgehead atoms. The maximum atomic E-state index is 13.8. The highest BCUT2D eigenvalue weighted by atomic mass is 19.3. The summed E-state index contributed by atoms with van der Waals surface area (Å²) in [7, 11) is 1.52. The third-order valence-corrected chi connectivity index (χ3v) is 6.25. The first kappa shape index (κ1) is 22.2. The zero-order valence-corrected chi connectivity index (χ0v) is 18.1. The SMILES string of the molecule is CNC(=O)c1cc(C(=O)NCC[C@@H]2CNCC2(F)F)cc2c1O[C@H](C)[C@H]2c1ccccc1. The normalized spacial score (nSPS) is 23.3. The Morgan fingerprint density at radius 1 is 1.19 bits per heavy atom. The van der Waals surface area contributed by atoms with Crippen LogP contribution in [0.4, 0.5) is 8.78 Å². The molecule has 8 heteroatoms. The molecule has 2 heterocycles. The van der Waals surface area contributed by atoms with Gasteiger partial charge in [0.2, 0.25) is 0 Å². The summed E-state index contributed by atoms with van der Waals surface area (Å²) < 4.78 is 33.6. The van der Waals surface area contributed by atoms with Crippen molar-refractivity contribution >= 4 is 11.8 Å². The molecule has 4 rings (SSSR count). The minimum atomic E-state index is -2.76. The van der Waals surface area contributed by atoms with E-state index in [1.54, 1.807) is 6.07 Å². The highest BCUT2D eigenvalue weighted by Crippen LogP contribution is 2.44. The van der Waals surface area contributed by atoms with Gasteiger partial charge in [0, 0.05) is 43.1 Å². The quantitative estimate of drug-likeness (QED) is 0.642. The number of nitrogens with one attached hydrogen (secondary N) is 3. The minimum Gasteiger partial charge on any atom is -0.489 e. The second kappa shape index (κ2) is 8.86. The van der Waals surface area contributed by atoms with Crippen molar-refractivity contribution in [2.24, 2.45) is 5.92 Å². The van der Waals surface area contributed by atoms with E-state index in [1.807, 2.05) is 37.3 Å². The van der Waals surface area contributed by atoms with E-state index < -0.39 is 17.7 Å². The molecule has 3 N–H and O–H groups in total. The largest absolute Gasteiger partial charge is 0.489 e. The molecule has 0 unspecified atom stereocenters. The van der Waals surface area contributed by atoms with Gasteiger partial charge >= 0.3 is 0 Å². The molecular weight excluding hydrogens is 416 g/mol. The molecule has 32 heavy (non-hydrogen) atoms. The smallest absolute Gasteiger partial charge is 0.264 e. The lowest BCUT2D eigenvalue weighted by atomic mass is 9.87. The first-order chi connectivity index (χ1) is 15.3. The van der Waals surface area contributed by atoms with Gasteiger partial charge in [-0.1, -0.05) is 30.3 Å². The molecule has 0 spiro atoms. The summed E-state index contributed by atoms with van der Waals surface area (Å²) in [5.41, 5.74) is 2.38. The Morgan fingerprint density at radius 2 is 1.94 bits per heavy atom. The Kier molecular flexibility index (Phi) is 6.15. The summed E-state index contributed by atoms with van der Waals surface area (Å²) in [6, 6.07) is 13.0. The van der Waals surface area contributed by atoms with Crippen molar-refractivity contribution < 1.29 is 23.1 Å². The highest BCUT2D eigenvalue weighted by molar-refractivity contribution is 6.02. The molecule has 2 aliphatic rings. The lowest BCUT2D eigenvalue weighted by Crippen LogP contribution is -2.32. The maximum absolute atomic E-state index is 13.8. The second-order valence-corrected chi connectivity index (χ2v) is 8.37. The van der Waals surface area contributed by atoms with E-state index in [2.05, 4.69) is 16.0 Å².